The number of anilines is 2. The fraction of sp³-hybridized carbons (Fsp3) is 0.267. The van der Waals surface area contributed by atoms with Gasteiger partial charge >= 0.3 is 11.9 Å². The number of ether oxygens (including phenoxy) is 2. The van der Waals surface area contributed by atoms with Crippen LogP contribution in [0.2, 0.25) is 0 Å². The first-order chi connectivity index (χ1) is 11.1. The predicted molar refractivity (Wildman–Crippen MR) is 87.7 cm³/mol. The van der Waals surface area contributed by atoms with Gasteiger partial charge in [0.05, 0.1) is 32.5 Å². The molecule has 2 heterocycles. The number of carbonyl (C=O) groups excluding carboxylic acids is 2. The van der Waals surface area contributed by atoms with E-state index in [4.69, 9.17) is 0 Å². The van der Waals surface area contributed by atoms with Crippen LogP contribution in [0.15, 0.2) is 39.9 Å². The molecule has 0 aliphatic carbocycles. The largest absolute Gasteiger partial charge is 0.466 e. The van der Waals surface area contributed by atoms with Crippen LogP contribution < -0.4 is 10.2 Å². The summed E-state index contributed by atoms with van der Waals surface area (Å²) in [5.74, 6) is -1.28. The summed E-state index contributed by atoms with van der Waals surface area (Å²) < 4.78 is 9.23. The normalized spacial score (nSPS) is 15.7. The van der Waals surface area contributed by atoms with Crippen molar-refractivity contribution in [3.63, 3.8) is 0 Å². The van der Waals surface area contributed by atoms with E-state index in [1.807, 2.05) is 18.2 Å². The number of nitrogens with one attached hydrogen (secondary N) is 1. The van der Waals surface area contributed by atoms with E-state index in [-0.39, 0.29) is 5.70 Å². The van der Waals surface area contributed by atoms with Gasteiger partial charge in [-0.2, -0.15) is 0 Å². The molecule has 0 atom stereocenters. The van der Waals surface area contributed by atoms with Crippen LogP contribution in [-0.4, -0.2) is 44.4 Å². The molecular weight excluding hydrogens is 318 g/mol. The van der Waals surface area contributed by atoms with Crippen LogP contribution in [0, 0.1) is 0 Å². The van der Waals surface area contributed by atoms with Gasteiger partial charge in [-0.1, -0.05) is 0 Å². The third kappa shape index (κ3) is 3.02. The molecule has 7 nitrogen and oxygen atoms in total. The summed E-state index contributed by atoms with van der Waals surface area (Å²) in [4.78, 5) is 30.9. The van der Waals surface area contributed by atoms with Crippen molar-refractivity contribution in [3.8, 4) is 0 Å². The average molecular weight is 333 g/mol. The number of thioether (sulfide) groups is 1. The number of hydrogen-bond acceptors (Lipinski definition) is 8. The van der Waals surface area contributed by atoms with Crippen molar-refractivity contribution < 1.29 is 19.1 Å². The number of rotatable bonds is 4. The van der Waals surface area contributed by atoms with Gasteiger partial charge in [0.15, 0.2) is 5.17 Å². The molecule has 0 unspecified atom stereocenters. The van der Waals surface area contributed by atoms with Gasteiger partial charge < -0.3 is 19.7 Å². The summed E-state index contributed by atoms with van der Waals surface area (Å²) in [7, 11) is 2.50. The Morgan fingerprint density at radius 2 is 2.17 bits per heavy atom. The first kappa shape index (κ1) is 15.4. The fourth-order valence-electron chi connectivity index (χ4n) is 2.32. The maximum Gasteiger partial charge on any atom is 0.354 e. The Hall–Kier alpha value is -2.48. The molecule has 1 aromatic carbocycles. The first-order valence-corrected chi connectivity index (χ1v) is 7.73. The summed E-state index contributed by atoms with van der Waals surface area (Å²) in [6, 6.07) is 5.71. The quantitative estimate of drug-likeness (QED) is 0.662. The Morgan fingerprint density at radius 3 is 2.91 bits per heavy atom. The third-order valence-corrected chi connectivity index (χ3v) is 4.50. The molecule has 3 rings (SSSR count). The first-order valence-electron chi connectivity index (χ1n) is 6.91. The topological polar surface area (TPSA) is 80.2 Å². The van der Waals surface area contributed by atoms with Crippen LogP contribution >= 0.6 is 11.8 Å². The van der Waals surface area contributed by atoms with E-state index < -0.39 is 11.9 Å². The van der Waals surface area contributed by atoms with Crippen LogP contribution in [0.5, 0.6) is 0 Å². The van der Waals surface area contributed by atoms with Crippen LogP contribution in [-0.2, 0) is 19.1 Å². The van der Waals surface area contributed by atoms with Crippen molar-refractivity contribution in [2.24, 2.45) is 4.99 Å². The maximum absolute atomic E-state index is 11.8. The Morgan fingerprint density at radius 1 is 1.35 bits per heavy atom. The number of methoxy groups -OCH3 is 2. The van der Waals surface area contributed by atoms with E-state index in [1.54, 1.807) is 11.8 Å². The van der Waals surface area contributed by atoms with Crippen molar-refractivity contribution in [1.82, 2.24) is 0 Å². The molecule has 0 saturated carbocycles. The summed E-state index contributed by atoms with van der Waals surface area (Å²) in [5.41, 5.74) is 1.73. The monoisotopic (exact) mass is 333 g/mol. The highest BCUT2D eigenvalue weighted by Crippen LogP contribution is 2.43. The highest BCUT2D eigenvalue weighted by Gasteiger charge is 2.29. The molecule has 0 radical (unpaired) electrons. The molecular formula is C15H15N3O4S. The molecule has 2 aliphatic rings. The fourth-order valence-corrected chi connectivity index (χ4v) is 3.38. The Bertz CT molecular complexity index is 729. The van der Waals surface area contributed by atoms with Gasteiger partial charge in [-0.25, -0.2) is 9.59 Å². The molecule has 0 saturated heterocycles. The van der Waals surface area contributed by atoms with Crippen LogP contribution in [0.3, 0.4) is 0 Å². The van der Waals surface area contributed by atoms with Crippen molar-refractivity contribution in [2.75, 3.05) is 37.5 Å². The summed E-state index contributed by atoms with van der Waals surface area (Å²) in [5, 5.41) is 3.91. The van der Waals surface area contributed by atoms with E-state index in [2.05, 4.69) is 24.7 Å². The molecule has 8 heteroatoms. The zero-order chi connectivity index (χ0) is 16.4. The van der Waals surface area contributed by atoms with Crippen LogP contribution in [0.4, 0.5) is 11.4 Å². The van der Waals surface area contributed by atoms with Crippen LogP contribution in [0.1, 0.15) is 0 Å². The Balaban J connectivity index is 1.86. The highest BCUT2D eigenvalue weighted by molar-refractivity contribution is 8.14. The van der Waals surface area contributed by atoms with Gasteiger partial charge in [-0.15, -0.1) is 0 Å². The second-order valence-corrected chi connectivity index (χ2v) is 5.81. The van der Waals surface area contributed by atoms with Gasteiger partial charge in [0.2, 0.25) is 0 Å². The number of aliphatic imine (C=N–C) groups is 1. The lowest BCUT2D eigenvalue weighted by atomic mass is 10.2. The Labute approximate surface area is 137 Å². The number of benzene rings is 1. The standard InChI is InChI=1S/C15H15N3O4S/c1-21-13(19)8-10(14(20)22-2)17-9-3-4-12-11(7-9)18-6-5-16-15(18)23-12/h3-4,7-8,17H,5-6H2,1-2H3/b10-8+. The minimum Gasteiger partial charge on any atom is -0.466 e. The van der Waals surface area contributed by atoms with E-state index in [1.165, 1.54) is 14.2 Å². The number of carbonyl (C=O) groups is 2. The molecule has 2 aliphatic heterocycles. The third-order valence-electron chi connectivity index (χ3n) is 3.40. The van der Waals surface area contributed by atoms with E-state index >= 15 is 0 Å². The van der Waals surface area contributed by atoms with Gasteiger partial charge in [0.1, 0.15) is 5.70 Å². The summed E-state index contributed by atoms with van der Waals surface area (Å²) >= 11 is 1.63. The molecule has 23 heavy (non-hydrogen) atoms. The molecule has 120 valence electrons. The molecule has 0 spiro atoms. The molecule has 0 bridgehead atoms. The lowest BCUT2D eigenvalue weighted by Crippen LogP contribution is -2.21. The van der Waals surface area contributed by atoms with E-state index in [0.29, 0.717) is 5.69 Å². The van der Waals surface area contributed by atoms with E-state index in [9.17, 15) is 9.59 Å². The van der Waals surface area contributed by atoms with Crippen LogP contribution in [0.25, 0.3) is 0 Å². The lowest BCUT2D eigenvalue weighted by Gasteiger charge is -2.14. The van der Waals surface area contributed by atoms with Gasteiger partial charge in [-0.05, 0) is 30.0 Å². The number of hydrogen-bond donors (Lipinski definition) is 1. The molecule has 1 N–H and O–H groups in total. The maximum atomic E-state index is 11.8. The molecule has 1 aromatic rings. The average Bonchev–Trinajstić information content (AvgIpc) is 3.14. The Kier molecular flexibility index (Phi) is 4.24. The van der Waals surface area contributed by atoms with E-state index in [0.717, 1.165) is 34.9 Å². The van der Waals surface area contributed by atoms with Crippen molar-refractivity contribution in [1.29, 1.82) is 0 Å². The van der Waals surface area contributed by atoms with Gasteiger partial charge in [-0.3, -0.25) is 4.99 Å². The van der Waals surface area contributed by atoms with Gasteiger partial charge in [0.25, 0.3) is 0 Å². The van der Waals surface area contributed by atoms with Gasteiger partial charge in [0, 0.05) is 17.1 Å². The minimum absolute atomic E-state index is 0.0141. The zero-order valence-corrected chi connectivity index (χ0v) is 13.5. The number of amidine groups is 1. The second kappa shape index (κ2) is 6.33. The number of fused-ring (bicyclic) bond motifs is 3. The van der Waals surface area contributed by atoms with Crippen molar-refractivity contribution in [2.45, 2.75) is 4.90 Å². The molecule has 0 amide bonds. The number of esters is 2. The molecule has 0 fully saturated rings. The zero-order valence-electron chi connectivity index (χ0n) is 12.7. The lowest BCUT2D eigenvalue weighted by molar-refractivity contribution is -0.138. The highest BCUT2D eigenvalue weighted by atomic mass is 32.2. The smallest absolute Gasteiger partial charge is 0.354 e. The second-order valence-electron chi connectivity index (χ2n) is 4.80. The molecule has 0 aromatic heterocycles. The number of nitrogens with zero attached hydrogens (tertiary/aromatic N) is 2. The van der Waals surface area contributed by atoms with Crippen molar-refractivity contribution in [3.05, 3.63) is 30.0 Å². The SMILES string of the molecule is COC(=O)/C=C(/Nc1ccc2c(c1)N1CCN=C1S2)C(=O)OC. The minimum atomic E-state index is -0.645. The summed E-state index contributed by atoms with van der Waals surface area (Å²) in [6.45, 7) is 1.63. The summed E-state index contributed by atoms with van der Waals surface area (Å²) in [6.07, 6.45) is 1.07. The predicted octanol–water partition coefficient (Wildman–Crippen LogP) is 1.61. The van der Waals surface area contributed by atoms with Crippen molar-refractivity contribution >= 4 is 40.2 Å².